The van der Waals surface area contributed by atoms with Gasteiger partial charge in [0.05, 0.1) is 24.1 Å². The maximum Gasteiger partial charge on any atom is 0.408 e. The minimum atomic E-state index is -4.44. The van der Waals surface area contributed by atoms with Gasteiger partial charge in [-0.3, -0.25) is 19.4 Å². The predicted molar refractivity (Wildman–Crippen MR) is 105 cm³/mol. The van der Waals surface area contributed by atoms with Crippen LogP contribution in [0.4, 0.5) is 27.6 Å². The summed E-state index contributed by atoms with van der Waals surface area (Å²) in [5.74, 6) is -0.450. The lowest BCUT2D eigenvalue weighted by molar-refractivity contribution is -0.142. The fraction of sp³-hybridized carbons (Fsp3) is 0.286. The number of carbonyl (C=O) groups is 1. The Labute approximate surface area is 179 Å². The van der Waals surface area contributed by atoms with Crippen LogP contribution < -0.4 is 9.64 Å². The fourth-order valence-corrected chi connectivity index (χ4v) is 3.87. The number of anilines is 1. The monoisotopic (exact) mass is 452 g/mol. The highest BCUT2D eigenvalue weighted by molar-refractivity contribution is 6.12. The van der Waals surface area contributed by atoms with Gasteiger partial charge in [-0.05, 0) is 42.7 Å². The van der Waals surface area contributed by atoms with E-state index in [1.807, 2.05) is 0 Å². The summed E-state index contributed by atoms with van der Waals surface area (Å²) in [5, 5.41) is 3.72. The summed E-state index contributed by atoms with van der Waals surface area (Å²) < 4.78 is 68.2. The van der Waals surface area contributed by atoms with Crippen molar-refractivity contribution in [1.82, 2.24) is 14.8 Å². The molecule has 4 rings (SSSR count). The lowest BCUT2D eigenvalue weighted by atomic mass is 9.95. The quantitative estimate of drug-likeness (QED) is 0.503. The minimum absolute atomic E-state index is 0.0986. The van der Waals surface area contributed by atoms with E-state index in [1.165, 1.54) is 35.8 Å². The van der Waals surface area contributed by atoms with Crippen molar-refractivity contribution in [2.24, 2.45) is 0 Å². The maximum atomic E-state index is 13.1. The first-order chi connectivity index (χ1) is 15.0. The van der Waals surface area contributed by atoms with Crippen LogP contribution in [0.15, 0.2) is 43.0 Å². The van der Waals surface area contributed by atoms with Gasteiger partial charge in [0.1, 0.15) is 12.3 Å². The fourth-order valence-electron chi connectivity index (χ4n) is 3.87. The molecule has 1 aliphatic heterocycles. The second kappa shape index (κ2) is 7.88. The number of ether oxygens (including phenoxy) is 1. The molecule has 0 radical (unpaired) electrons. The normalized spacial score (nSPS) is 16.1. The van der Waals surface area contributed by atoms with Crippen molar-refractivity contribution >= 4 is 11.6 Å². The van der Waals surface area contributed by atoms with Crippen molar-refractivity contribution in [2.45, 2.75) is 39.2 Å². The van der Waals surface area contributed by atoms with Crippen LogP contribution in [0.2, 0.25) is 0 Å². The number of benzene rings is 1. The first-order valence-electron chi connectivity index (χ1n) is 9.51. The largest absolute Gasteiger partial charge is 0.433 e. The Hall–Kier alpha value is -3.50. The van der Waals surface area contributed by atoms with Crippen LogP contribution in [0.5, 0.6) is 5.75 Å². The highest BCUT2D eigenvalue weighted by atomic mass is 19.4. The molecule has 168 valence electrons. The van der Waals surface area contributed by atoms with Gasteiger partial charge in [0, 0.05) is 23.5 Å². The molecule has 11 heteroatoms. The lowest BCUT2D eigenvalue weighted by Gasteiger charge is -2.20. The van der Waals surface area contributed by atoms with Gasteiger partial charge in [-0.25, -0.2) is 0 Å². The van der Waals surface area contributed by atoms with E-state index in [1.54, 1.807) is 26.0 Å². The molecule has 32 heavy (non-hydrogen) atoms. The van der Waals surface area contributed by atoms with E-state index < -0.39 is 25.4 Å². The van der Waals surface area contributed by atoms with Crippen LogP contribution in [0.1, 0.15) is 34.5 Å². The number of nitrogens with zero attached hydrogens (tertiary/aromatic N) is 4. The summed E-state index contributed by atoms with van der Waals surface area (Å²) in [6.07, 6.45) is 0.619. The molecule has 0 N–H and O–H groups in total. The van der Waals surface area contributed by atoms with Crippen molar-refractivity contribution in [1.29, 1.82) is 0 Å². The maximum absolute atomic E-state index is 13.1. The van der Waals surface area contributed by atoms with Gasteiger partial charge in [0.2, 0.25) is 0 Å². The Morgan fingerprint density at radius 3 is 2.56 bits per heavy atom. The summed E-state index contributed by atoms with van der Waals surface area (Å²) >= 11 is 0. The third kappa shape index (κ3) is 4.14. The number of aryl methyl sites for hydroxylation is 1. The van der Waals surface area contributed by atoms with Gasteiger partial charge in [-0.1, -0.05) is 6.07 Å². The van der Waals surface area contributed by atoms with Crippen LogP contribution in [0.25, 0.3) is 11.1 Å². The van der Waals surface area contributed by atoms with Crippen molar-refractivity contribution < 1.29 is 31.5 Å². The zero-order valence-corrected chi connectivity index (χ0v) is 16.9. The SMILES string of the molecule is Cc1cc(-c2cncc(OC(F)F)c2)cc2c1C(=O)N(c1cnn(CC(F)(F)F)c1)C2C. The Morgan fingerprint density at radius 1 is 1.12 bits per heavy atom. The number of hydrogen-bond acceptors (Lipinski definition) is 4. The molecule has 3 heterocycles. The van der Waals surface area contributed by atoms with E-state index in [0.717, 1.165) is 4.68 Å². The number of hydrogen-bond donors (Lipinski definition) is 0. The Bertz CT molecular complexity index is 1180. The van der Waals surface area contributed by atoms with E-state index in [9.17, 15) is 26.7 Å². The van der Waals surface area contributed by atoms with E-state index in [-0.39, 0.29) is 17.3 Å². The predicted octanol–water partition coefficient (Wildman–Crippen LogP) is 5.14. The molecule has 0 fully saturated rings. The Kier molecular flexibility index (Phi) is 5.35. The van der Waals surface area contributed by atoms with Gasteiger partial charge >= 0.3 is 12.8 Å². The van der Waals surface area contributed by atoms with Crippen molar-refractivity contribution in [2.75, 3.05) is 4.90 Å². The van der Waals surface area contributed by atoms with Crippen LogP contribution in [0.3, 0.4) is 0 Å². The second-order valence-corrected chi connectivity index (χ2v) is 7.41. The molecule has 0 spiro atoms. The number of halogens is 5. The van der Waals surface area contributed by atoms with Crippen LogP contribution >= 0.6 is 0 Å². The first kappa shape index (κ1) is 21.7. The molecule has 6 nitrogen and oxygen atoms in total. The highest BCUT2D eigenvalue weighted by Gasteiger charge is 2.38. The van der Waals surface area contributed by atoms with Gasteiger partial charge in [-0.15, -0.1) is 0 Å². The molecule has 3 aromatic rings. The third-order valence-electron chi connectivity index (χ3n) is 5.15. The summed E-state index contributed by atoms with van der Waals surface area (Å²) in [6.45, 7) is -0.763. The van der Waals surface area contributed by atoms with Gasteiger partial charge in [-0.2, -0.15) is 27.1 Å². The number of pyridine rings is 1. The minimum Gasteiger partial charge on any atom is -0.433 e. The summed E-state index contributed by atoms with van der Waals surface area (Å²) in [4.78, 5) is 18.4. The summed E-state index contributed by atoms with van der Waals surface area (Å²) in [6, 6.07) is 4.41. The van der Waals surface area contributed by atoms with E-state index in [2.05, 4.69) is 14.8 Å². The molecule has 1 aliphatic rings. The number of alkyl halides is 5. The topological polar surface area (TPSA) is 60.2 Å². The molecule has 0 saturated carbocycles. The average molecular weight is 452 g/mol. The lowest BCUT2D eigenvalue weighted by Crippen LogP contribution is -2.26. The van der Waals surface area contributed by atoms with Gasteiger partial charge in [0.15, 0.2) is 0 Å². The Morgan fingerprint density at radius 2 is 1.88 bits per heavy atom. The molecule has 0 bridgehead atoms. The van der Waals surface area contributed by atoms with Crippen molar-refractivity contribution in [3.05, 3.63) is 59.7 Å². The van der Waals surface area contributed by atoms with Crippen LogP contribution in [-0.2, 0) is 6.54 Å². The van der Waals surface area contributed by atoms with Crippen LogP contribution in [0, 0.1) is 6.92 Å². The Balaban J connectivity index is 1.68. The first-order valence-corrected chi connectivity index (χ1v) is 9.51. The number of fused-ring (bicyclic) bond motifs is 1. The average Bonchev–Trinajstić information content (AvgIpc) is 3.22. The van der Waals surface area contributed by atoms with Gasteiger partial charge < -0.3 is 4.74 Å². The van der Waals surface area contributed by atoms with Gasteiger partial charge in [0.25, 0.3) is 5.91 Å². The molecule has 0 aliphatic carbocycles. The number of carbonyl (C=O) groups excluding carboxylic acids is 1. The third-order valence-corrected chi connectivity index (χ3v) is 5.15. The van der Waals surface area contributed by atoms with E-state index >= 15 is 0 Å². The molecule has 1 amide bonds. The molecule has 1 atom stereocenters. The van der Waals surface area contributed by atoms with E-state index in [4.69, 9.17) is 0 Å². The van der Waals surface area contributed by atoms with E-state index in [0.29, 0.717) is 27.8 Å². The zero-order chi connectivity index (χ0) is 23.2. The summed E-state index contributed by atoms with van der Waals surface area (Å²) in [7, 11) is 0. The highest BCUT2D eigenvalue weighted by Crippen LogP contribution is 2.41. The van der Waals surface area contributed by atoms with Crippen molar-refractivity contribution in [3.63, 3.8) is 0 Å². The van der Waals surface area contributed by atoms with Crippen LogP contribution in [-0.4, -0.2) is 33.5 Å². The van der Waals surface area contributed by atoms with Crippen molar-refractivity contribution in [3.8, 4) is 16.9 Å². The summed E-state index contributed by atoms with van der Waals surface area (Å²) in [5.41, 5.74) is 3.15. The number of amides is 1. The molecule has 2 aromatic heterocycles. The zero-order valence-electron chi connectivity index (χ0n) is 16.9. The molecular formula is C21H17F5N4O2. The molecular weight excluding hydrogens is 435 g/mol. The molecule has 1 aromatic carbocycles. The standard InChI is InChI=1S/C21H17F5N4O2/c1-11-3-13(14-4-16(8-27-6-14)32-20(22)23)5-17-12(2)30(19(31)18(11)17)15-7-28-29(9-15)10-21(24,25)26/h3-9,12,20H,10H2,1-2H3. The molecule has 1 unspecified atom stereocenters. The number of aromatic nitrogens is 3. The second-order valence-electron chi connectivity index (χ2n) is 7.41. The molecule has 0 saturated heterocycles. The number of rotatable bonds is 5. The smallest absolute Gasteiger partial charge is 0.408 e.